The van der Waals surface area contributed by atoms with Crippen molar-refractivity contribution in [2.45, 2.75) is 30.8 Å². The molecule has 1 aliphatic rings. The highest BCUT2D eigenvalue weighted by Gasteiger charge is 2.28. The van der Waals surface area contributed by atoms with Crippen LogP contribution in [0.4, 0.5) is 10.8 Å². The predicted octanol–water partition coefficient (Wildman–Crippen LogP) is 5.26. The van der Waals surface area contributed by atoms with Crippen LogP contribution in [0.5, 0.6) is 0 Å². The zero-order chi connectivity index (χ0) is 25.3. The van der Waals surface area contributed by atoms with E-state index in [0.29, 0.717) is 29.5 Å². The fourth-order valence-electron chi connectivity index (χ4n) is 4.24. The van der Waals surface area contributed by atoms with E-state index in [2.05, 4.69) is 6.07 Å². The van der Waals surface area contributed by atoms with Crippen molar-refractivity contribution in [1.29, 1.82) is 0 Å². The van der Waals surface area contributed by atoms with Gasteiger partial charge in [0.2, 0.25) is 0 Å². The average Bonchev–Trinajstić information content (AvgIpc) is 3.56. The molecule has 1 unspecified atom stereocenters. The van der Waals surface area contributed by atoms with Crippen LogP contribution in [0.3, 0.4) is 0 Å². The van der Waals surface area contributed by atoms with Gasteiger partial charge >= 0.3 is 0 Å². The van der Waals surface area contributed by atoms with E-state index in [9.17, 15) is 13.2 Å². The number of carbonyl (C=O) groups excluding carboxylic acids is 1. The highest BCUT2D eigenvalue weighted by molar-refractivity contribution is 7.92. The van der Waals surface area contributed by atoms with Crippen molar-refractivity contribution in [3.8, 4) is 0 Å². The molecule has 7 nitrogen and oxygen atoms in total. The van der Waals surface area contributed by atoms with Crippen LogP contribution < -0.4 is 9.21 Å². The minimum atomic E-state index is -3.77. The van der Waals surface area contributed by atoms with Crippen molar-refractivity contribution in [2.24, 2.45) is 0 Å². The van der Waals surface area contributed by atoms with Crippen molar-refractivity contribution >= 4 is 48.3 Å². The molecule has 1 atom stereocenters. The molecule has 0 radical (unpaired) electrons. The Morgan fingerprint density at radius 2 is 1.83 bits per heavy atom. The number of benzene rings is 3. The molecule has 1 aliphatic heterocycles. The van der Waals surface area contributed by atoms with Gasteiger partial charge in [-0.1, -0.05) is 35.6 Å². The van der Waals surface area contributed by atoms with Crippen molar-refractivity contribution < 1.29 is 17.9 Å². The molecule has 3 aromatic carbocycles. The first-order chi connectivity index (χ1) is 17.3. The maximum Gasteiger partial charge on any atom is 0.264 e. The van der Waals surface area contributed by atoms with Crippen LogP contribution in [0, 0.1) is 6.92 Å². The molecular weight excluding hydrogens is 494 g/mol. The Labute approximate surface area is 215 Å². The van der Waals surface area contributed by atoms with Gasteiger partial charge in [0.1, 0.15) is 0 Å². The molecule has 1 amide bonds. The quantitative estimate of drug-likeness (QED) is 0.332. The van der Waals surface area contributed by atoms with Crippen LogP contribution in [0.1, 0.15) is 28.8 Å². The van der Waals surface area contributed by atoms with Gasteiger partial charge in [0.25, 0.3) is 15.9 Å². The fraction of sp³-hybridized carbons (Fsp3) is 0.259. The van der Waals surface area contributed by atoms with Gasteiger partial charge in [0, 0.05) is 19.2 Å². The van der Waals surface area contributed by atoms with E-state index in [4.69, 9.17) is 9.72 Å². The lowest BCUT2D eigenvalue weighted by atomic mass is 10.2. The number of hydrogen-bond donors (Lipinski definition) is 0. The van der Waals surface area contributed by atoms with Crippen LogP contribution in [0.25, 0.3) is 10.2 Å². The molecule has 186 valence electrons. The van der Waals surface area contributed by atoms with Crippen LogP contribution in [0.15, 0.2) is 77.7 Å². The monoisotopic (exact) mass is 521 g/mol. The number of sulfonamides is 1. The summed E-state index contributed by atoms with van der Waals surface area (Å²) < 4.78 is 34.3. The molecule has 9 heteroatoms. The maximum atomic E-state index is 13.7. The third-order valence-electron chi connectivity index (χ3n) is 6.30. The van der Waals surface area contributed by atoms with Gasteiger partial charge in [-0.15, -0.1) is 0 Å². The Morgan fingerprint density at radius 3 is 2.53 bits per heavy atom. The van der Waals surface area contributed by atoms with Gasteiger partial charge in [-0.3, -0.25) is 14.0 Å². The molecule has 1 fully saturated rings. The molecule has 0 aliphatic carbocycles. The van der Waals surface area contributed by atoms with Gasteiger partial charge in [-0.2, -0.15) is 0 Å². The number of ether oxygens (including phenoxy) is 1. The largest absolute Gasteiger partial charge is 0.376 e. The molecule has 1 saturated heterocycles. The number of nitrogens with zero attached hydrogens (tertiary/aromatic N) is 3. The second-order valence-corrected chi connectivity index (χ2v) is 11.8. The fourth-order valence-corrected chi connectivity index (χ4v) is 6.50. The van der Waals surface area contributed by atoms with Gasteiger partial charge in [-0.25, -0.2) is 13.4 Å². The van der Waals surface area contributed by atoms with E-state index in [-0.39, 0.29) is 16.9 Å². The molecule has 5 rings (SSSR count). The van der Waals surface area contributed by atoms with E-state index in [0.717, 1.165) is 28.6 Å². The first-order valence-electron chi connectivity index (χ1n) is 11.8. The standard InChI is InChI=1S/C27H27N3O4S2/c1-19-10-15-24-25(17-19)35-27(28-24)30(18-22-9-6-16-34-22)26(31)20-11-13-23(14-12-20)36(32,33)29(2)21-7-4-3-5-8-21/h3-5,7-8,10-15,17,22H,6,9,16,18H2,1-2H3. The number of hydrogen-bond acceptors (Lipinski definition) is 6. The lowest BCUT2D eigenvalue weighted by Crippen LogP contribution is -2.37. The van der Waals surface area contributed by atoms with Crippen molar-refractivity contribution in [2.75, 3.05) is 29.4 Å². The first-order valence-corrected chi connectivity index (χ1v) is 14.0. The number of rotatable bonds is 7. The maximum absolute atomic E-state index is 13.7. The van der Waals surface area contributed by atoms with E-state index in [1.165, 1.54) is 34.8 Å². The Morgan fingerprint density at radius 1 is 1.08 bits per heavy atom. The van der Waals surface area contributed by atoms with Crippen molar-refractivity contribution in [1.82, 2.24) is 4.98 Å². The lowest BCUT2D eigenvalue weighted by molar-refractivity contribution is 0.0917. The lowest BCUT2D eigenvalue weighted by Gasteiger charge is -2.23. The third-order valence-corrected chi connectivity index (χ3v) is 9.14. The zero-order valence-corrected chi connectivity index (χ0v) is 21.8. The third kappa shape index (κ3) is 4.86. The second kappa shape index (κ2) is 10.0. The van der Waals surface area contributed by atoms with Crippen LogP contribution in [-0.2, 0) is 14.8 Å². The van der Waals surface area contributed by atoms with E-state index < -0.39 is 10.0 Å². The molecule has 1 aromatic heterocycles. The summed E-state index contributed by atoms with van der Waals surface area (Å²) in [5, 5.41) is 0.608. The SMILES string of the molecule is Cc1ccc2nc(N(CC3CCCO3)C(=O)c3ccc(S(=O)(=O)N(C)c4ccccc4)cc3)sc2c1. The Hall–Kier alpha value is -3.27. The molecule has 0 bridgehead atoms. The summed E-state index contributed by atoms with van der Waals surface area (Å²) >= 11 is 1.47. The number of carbonyl (C=O) groups is 1. The summed E-state index contributed by atoms with van der Waals surface area (Å²) in [4.78, 5) is 20.2. The van der Waals surface area contributed by atoms with Crippen molar-refractivity contribution in [3.05, 3.63) is 83.9 Å². The van der Waals surface area contributed by atoms with E-state index >= 15 is 0 Å². The van der Waals surface area contributed by atoms with Crippen LogP contribution in [0.2, 0.25) is 0 Å². The molecule has 2 heterocycles. The minimum absolute atomic E-state index is 0.0538. The zero-order valence-electron chi connectivity index (χ0n) is 20.1. The Bertz CT molecular complexity index is 1480. The van der Waals surface area contributed by atoms with Crippen LogP contribution in [-0.4, -0.2) is 45.6 Å². The average molecular weight is 522 g/mol. The summed E-state index contributed by atoms with van der Waals surface area (Å²) in [6.07, 6.45) is 1.80. The highest BCUT2D eigenvalue weighted by Crippen LogP contribution is 2.32. The van der Waals surface area contributed by atoms with Crippen LogP contribution >= 0.6 is 11.3 Å². The molecule has 4 aromatic rings. The topological polar surface area (TPSA) is 79.8 Å². The van der Waals surface area contributed by atoms with Gasteiger partial charge in [0.05, 0.1) is 33.4 Å². The summed E-state index contributed by atoms with van der Waals surface area (Å²) in [5.41, 5.74) is 2.93. The summed E-state index contributed by atoms with van der Waals surface area (Å²) in [7, 11) is -2.25. The number of anilines is 2. The minimum Gasteiger partial charge on any atom is -0.376 e. The van der Waals surface area contributed by atoms with Gasteiger partial charge in [0.15, 0.2) is 5.13 Å². The molecule has 36 heavy (non-hydrogen) atoms. The summed E-state index contributed by atoms with van der Waals surface area (Å²) in [5.74, 6) is -0.235. The Kier molecular flexibility index (Phi) is 6.79. The predicted molar refractivity (Wildman–Crippen MR) is 143 cm³/mol. The normalized spacial score (nSPS) is 15.8. The molecule has 0 saturated carbocycles. The van der Waals surface area contributed by atoms with Gasteiger partial charge < -0.3 is 4.74 Å². The second-order valence-electron chi connectivity index (χ2n) is 8.85. The molecular formula is C27H27N3O4S2. The summed E-state index contributed by atoms with van der Waals surface area (Å²) in [6.45, 7) is 3.11. The number of amides is 1. The number of para-hydroxylation sites is 1. The van der Waals surface area contributed by atoms with E-state index in [1.54, 1.807) is 41.3 Å². The smallest absolute Gasteiger partial charge is 0.264 e. The first kappa shape index (κ1) is 24.4. The number of fused-ring (bicyclic) bond motifs is 1. The number of aromatic nitrogens is 1. The Balaban J connectivity index is 1.44. The highest BCUT2D eigenvalue weighted by atomic mass is 32.2. The van der Waals surface area contributed by atoms with Crippen molar-refractivity contribution in [3.63, 3.8) is 0 Å². The number of aryl methyl sites for hydroxylation is 1. The number of thiazole rings is 1. The van der Waals surface area contributed by atoms with E-state index in [1.807, 2.05) is 25.1 Å². The summed E-state index contributed by atoms with van der Waals surface area (Å²) in [6, 6.07) is 21.0. The molecule has 0 N–H and O–H groups in total. The van der Waals surface area contributed by atoms with Gasteiger partial charge in [-0.05, 0) is 73.9 Å². The molecule has 0 spiro atoms.